The molecular weight excluding hydrogens is 272 g/mol. The molecule has 5 nitrogen and oxygen atoms in total. The van der Waals surface area contributed by atoms with E-state index in [4.69, 9.17) is 5.84 Å². The average Bonchev–Trinajstić information content (AvgIpc) is 2.84. The number of rotatable bonds is 4. The van der Waals surface area contributed by atoms with Crippen LogP contribution in [0.1, 0.15) is 38.8 Å². The molecule has 6 heteroatoms. The van der Waals surface area contributed by atoms with Crippen LogP contribution in [0.15, 0.2) is 24.3 Å². The van der Waals surface area contributed by atoms with Crippen molar-refractivity contribution in [2.45, 2.75) is 26.8 Å². The molecule has 0 saturated heterocycles. The highest BCUT2D eigenvalue weighted by atomic mass is 32.1. The minimum Gasteiger partial charge on any atom is -0.345 e. The molecular formula is C14H18N4OS. The van der Waals surface area contributed by atoms with Gasteiger partial charge in [0.15, 0.2) is 0 Å². The number of pyridine rings is 1. The normalized spacial score (nSPS) is 12.0. The molecule has 0 radical (unpaired) electrons. The number of hydrazine groups is 1. The number of nitrogens with zero attached hydrogens (tertiary/aromatic N) is 1. The Balaban J connectivity index is 2.13. The van der Waals surface area contributed by atoms with Gasteiger partial charge in [-0.05, 0) is 45.0 Å². The Kier molecular flexibility index (Phi) is 4.36. The van der Waals surface area contributed by atoms with Gasteiger partial charge in [-0.3, -0.25) is 4.79 Å². The fraction of sp³-hybridized carbons (Fsp3) is 0.286. The molecule has 2 aromatic rings. The van der Waals surface area contributed by atoms with Gasteiger partial charge in [-0.15, -0.1) is 11.3 Å². The molecule has 4 N–H and O–H groups in total. The highest BCUT2D eigenvalue weighted by molar-refractivity contribution is 7.12. The van der Waals surface area contributed by atoms with Gasteiger partial charge in [-0.2, -0.15) is 0 Å². The summed E-state index contributed by atoms with van der Waals surface area (Å²) in [5, 5.41) is 2.98. The maximum absolute atomic E-state index is 12.3. The molecule has 20 heavy (non-hydrogen) atoms. The van der Waals surface area contributed by atoms with Gasteiger partial charge >= 0.3 is 0 Å². The largest absolute Gasteiger partial charge is 0.345 e. The van der Waals surface area contributed by atoms with Crippen molar-refractivity contribution in [3.05, 3.63) is 45.3 Å². The van der Waals surface area contributed by atoms with Gasteiger partial charge in [0.05, 0.1) is 6.04 Å². The van der Waals surface area contributed by atoms with Gasteiger partial charge in [0.25, 0.3) is 5.91 Å². The molecule has 2 aromatic heterocycles. The van der Waals surface area contributed by atoms with Crippen molar-refractivity contribution < 1.29 is 4.79 Å². The zero-order chi connectivity index (χ0) is 14.7. The van der Waals surface area contributed by atoms with E-state index in [-0.39, 0.29) is 11.9 Å². The number of aromatic nitrogens is 1. The molecule has 1 amide bonds. The molecule has 1 unspecified atom stereocenters. The molecule has 0 bridgehead atoms. The number of amides is 1. The van der Waals surface area contributed by atoms with Crippen LogP contribution < -0.4 is 16.6 Å². The predicted molar refractivity (Wildman–Crippen MR) is 81.7 cm³/mol. The van der Waals surface area contributed by atoms with Crippen molar-refractivity contribution in [1.29, 1.82) is 0 Å². The van der Waals surface area contributed by atoms with Crippen molar-refractivity contribution in [3.8, 4) is 0 Å². The predicted octanol–water partition coefficient (Wildman–Crippen LogP) is 2.54. The number of hydrogen-bond donors (Lipinski definition) is 3. The molecule has 0 aliphatic rings. The molecule has 0 spiro atoms. The van der Waals surface area contributed by atoms with E-state index in [1.165, 1.54) is 4.88 Å². The molecule has 0 saturated carbocycles. The number of hydrogen-bond acceptors (Lipinski definition) is 5. The monoisotopic (exact) mass is 290 g/mol. The summed E-state index contributed by atoms with van der Waals surface area (Å²) in [7, 11) is 0. The van der Waals surface area contributed by atoms with Crippen LogP contribution in [0.3, 0.4) is 0 Å². The lowest BCUT2D eigenvalue weighted by atomic mass is 10.2. The third-order valence-electron chi connectivity index (χ3n) is 2.90. The van der Waals surface area contributed by atoms with Gasteiger partial charge in [-0.1, -0.05) is 0 Å². The quantitative estimate of drug-likeness (QED) is 0.597. The van der Waals surface area contributed by atoms with Crippen molar-refractivity contribution in [2.75, 3.05) is 5.43 Å². The smallest absolute Gasteiger partial charge is 0.251 e. The number of aryl methyl sites for hydroxylation is 2. The van der Waals surface area contributed by atoms with Crippen molar-refractivity contribution in [3.63, 3.8) is 0 Å². The minimum atomic E-state index is -0.134. The first kappa shape index (κ1) is 14.5. The second-order valence-electron chi connectivity index (χ2n) is 4.67. The number of nitrogens with two attached hydrogens (primary N) is 1. The first-order chi connectivity index (χ1) is 9.49. The van der Waals surface area contributed by atoms with Crippen molar-refractivity contribution >= 4 is 23.1 Å². The standard InChI is InChI=1S/C14H18N4OS/c1-8-6-11(7-13(16-8)18-15)14(19)17-10(3)12-5-4-9(2)20-12/h4-7,10H,15H2,1-3H3,(H,16,18)(H,17,19). The third kappa shape index (κ3) is 3.34. The number of thiophene rings is 1. The minimum absolute atomic E-state index is 0.0241. The SMILES string of the molecule is Cc1cc(C(=O)NC(C)c2ccc(C)s2)cc(NN)n1. The van der Waals surface area contributed by atoms with Crippen LogP contribution in [0.2, 0.25) is 0 Å². The summed E-state index contributed by atoms with van der Waals surface area (Å²) < 4.78 is 0. The van der Waals surface area contributed by atoms with E-state index in [0.29, 0.717) is 11.4 Å². The van der Waals surface area contributed by atoms with Gasteiger partial charge in [-0.25, -0.2) is 10.8 Å². The van der Waals surface area contributed by atoms with Crippen LogP contribution in [-0.2, 0) is 0 Å². The Morgan fingerprint density at radius 1 is 1.35 bits per heavy atom. The van der Waals surface area contributed by atoms with Crippen LogP contribution in [0.25, 0.3) is 0 Å². The van der Waals surface area contributed by atoms with Crippen LogP contribution >= 0.6 is 11.3 Å². The Labute approximate surface area is 122 Å². The molecule has 1 atom stereocenters. The van der Waals surface area contributed by atoms with Gasteiger partial charge in [0, 0.05) is 21.0 Å². The van der Waals surface area contributed by atoms with E-state index in [1.54, 1.807) is 23.5 Å². The highest BCUT2D eigenvalue weighted by Crippen LogP contribution is 2.22. The van der Waals surface area contributed by atoms with Crippen LogP contribution in [0, 0.1) is 13.8 Å². The van der Waals surface area contributed by atoms with Gasteiger partial charge < -0.3 is 10.7 Å². The van der Waals surface area contributed by atoms with E-state index < -0.39 is 0 Å². The second-order valence-corrected chi connectivity index (χ2v) is 5.99. The Bertz CT molecular complexity index is 623. The zero-order valence-corrected chi connectivity index (χ0v) is 12.5. The molecule has 0 aliphatic carbocycles. The lowest BCUT2D eigenvalue weighted by Gasteiger charge is -2.13. The number of nitrogen functional groups attached to an aromatic ring is 1. The van der Waals surface area contributed by atoms with Gasteiger partial charge in [0.2, 0.25) is 0 Å². The average molecular weight is 290 g/mol. The molecule has 2 rings (SSSR count). The maximum Gasteiger partial charge on any atom is 0.251 e. The Morgan fingerprint density at radius 2 is 2.10 bits per heavy atom. The maximum atomic E-state index is 12.3. The molecule has 0 aliphatic heterocycles. The number of anilines is 1. The summed E-state index contributed by atoms with van der Waals surface area (Å²) in [4.78, 5) is 18.8. The number of carbonyl (C=O) groups is 1. The first-order valence-corrected chi connectivity index (χ1v) is 7.13. The molecule has 0 fully saturated rings. The fourth-order valence-electron chi connectivity index (χ4n) is 1.91. The van der Waals surface area contributed by atoms with Gasteiger partial charge in [0.1, 0.15) is 5.82 Å². The third-order valence-corrected chi connectivity index (χ3v) is 4.08. The lowest BCUT2D eigenvalue weighted by Crippen LogP contribution is -2.26. The highest BCUT2D eigenvalue weighted by Gasteiger charge is 2.14. The summed E-state index contributed by atoms with van der Waals surface area (Å²) in [6.45, 7) is 5.84. The van der Waals surface area contributed by atoms with Crippen LogP contribution in [0.5, 0.6) is 0 Å². The number of carbonyl (C=O) groups excluding carboxylic acids is 1. The zero-order valence-electron chi connectivity index (χ0n) is 11.7. The van der Waals surface area contributed by atoms with Crippen LogP contribution in [-0.4, -0.2) is 10.9 Å². The van der Waals surface area contributed by atoms with E-state index >= 15 is 0 Å². The van der Waals surface area contributed by atoms with E-state index in [0.717, 1.165) is 10.6 Å². The van der Waals surface area contributed by atoms with E-state index in [2.05, 4.69) is 21.8 Å². The van der Waals surface area contributed by atoms with Crippen molar-refractivity contribution in [1.82, 2.24) is 10.3 Å². The first-order valence-electron chi connectivity index (χ1n) is 6.32. The summed E-state index contributed by atoms with van der Waals surface area (Å²) in [5.74, 6) is 5.69. The topological polar surface area (TPSA) is 80.0 Å². The second kappa shape index (κ2) is 6.02. The molecule has 106 valence electrons. The van der Waals surface area contributed by atoms with E-state index in [9.17, 15) is 4.79 Å². The van der Waals surface area contributed by atoms with E-state index in [1.807, 2.05) is 26.8 Å². The fourth-order valence-corrected chi connectivity index (χ4v) is 2.79. The number of nitrogens with one attached hydrogen (secondary N) is 2. The Morgan fingerprint density at radius 3 is 2.70 bits per heavy atom. The summed E-state index contributed by atoms with van der Waals surface area (Å²) in [6, 6.07) is 7.44. The molecule has 0 aromatic carbocycles. The summed E-state index contributed by atoms with van der Waals surface area (Å²) in [6.07, 6.45) is 0. The van der Waals surface area contributed by atoms with Crippen LogP contribution in [0.4, 0.5) is 5.82 Å². The Hall–Kier alpha value is -1.92. The summed E-state index contributed by atoms with van der Waals surface area (Å²) >= 11 is 1.68. The van der Waals surface area contributed by atoms with Crippen molar-refractivity contribution in [2.24, 2.45) is 5.84 Å². The lowest BCUT2D eigenvalue weighted by molar-refractivity contribution is 0.0940. The summed E-state index contributed by atoms with van der Waals surface area (Å²) in [5.41, 5.74) is 3.75. The molecule has 2 heterocycles.